The maximum Gasteiger partial charge on any atom is 0.191 e. The molecule has 2 N–H and O–H groups in total. The lowest BCUT2D eigenvalue weighted by molar-refractivity contribution is 0.0389. The number of nitrogens with zero attached hydrogens (tertiary/aromatic N) is 2. The molecule has 2 rings (SSSR count). The summed E-state index contributed by atoms with van der Waals surface area (Å²) in [7, 11) is 1.80. The van der Waals surface area contributed by atoms with Crippen LogP contribution in [0.1, 0.15) is 5.56 Å². The molecule has 1 aromatic rings. The molecule has 1 aromatic carbocycles. The van der Waals surface area contributed by atoms with E-state index in [1.807, 2.05) is 18.2 Å². The first-order chi connectivity index (χ1) is 10.9. The molecule has 0 aromatic heterocycles. The highest BCUT2D eigenvalue weighted by atomic mass is 127. The molecule has 1 heterocycles. The highest BCUT2D eigenvalue weighted by Crippen LogP contribution is 1.99. The smallest absolute Gasteiger partial charge is 0.191 e. The Morgan fingerprint density at radius 3 is 2.65 bits per heavy atom. The Balaban J connectivity index is 0.00000264. The number of hydrogen-bond donors (Lipinski definition) is 2. The zero-order valence-corrected chi connectivity index (χ0v) is 16.0. The molecule has 6 heteroatoms. The second-order valence-corrected chi connectivity index (χ2v) is 5.15. The van der Waals surface area contributed by atoms with Gasteiger partial charge in [0, 0.05) is 39.8 Å². The van der Waals surface area contributed by atoms with E-state index in [1.165, 1.54) is 5.56 Å². The third-order valence-corrected chi connectivity index (χ3v) is 3.55. The van der Waals surface area contributed by atoms with Gasteiger partial charge >= 0.3 is 0 Å². The van der Waals surface area contributed by atoms with E-state index in [-0.39, 0.29) is 24.0 Å². The van der Waals surface area contributed by atoms with Gasteiger partial charge in [-0.05, 0) is 5.56 Å². The fourth-order valence-electron chi connectivity index (χ4n) is 2.29. The van der Waals surface area contributed by atoms with Crippen LogP contribution in [0.2, 0.25) is 0 Å². The van der Waals surface area contributed by atoms with E-state index in [1.54, 1.807) is 7.05 Å². The maximum atomic E-state index is 5.34. The molecule has 0 radical (unpaired) electrons. The van der Waals surface area contributed by atoms with Gasteiger partial charge in [0.2, 0.25) is 0 Å². The summed E-state index contributed by atoms with van der Waals surface area (Å²) in [6, 6.07) is 10.3. The van der Waals surface area contributed by atoms with Crippen LogP contribution >= 0.6 is 24.0 Å². The SMILES string of the molecule is CN=C(NCC=Cc1ccccc1)NCCN1CCOCC1.I. The molecule has 0 spiro atoms. The highest BCUT2D eigenvalue weighted by Gasteiger charge is 2.09. The molecule has 0 unspecified atom stereocenters. The number of aliphatic imine (C=N–C) groups is 1. The molecule has 0 saturated carbocycles. The van der Waals surface area contributed by atoms with Crippen LogP contribution in [0.15, 0.2) is 41.4 Å². The Labute approximate surface area is 156 Å². The van der Waals surface area contributed by atoms with Crippen molar-refractivity contribution < 1.29 is 4.74 Å². The van der Waals surface area contributed by atoms with Crippen molar-refractivity contribution >= 4 is 36.0 Å². The van der Waals surface area contributed by atoms with Crippen LogP contribution in [-0.4, -0.2) is 63.8 Å². The standard InChI is InChI=1S/C17H26N4O.HI/c1-18-17(20-10-11-21-12-14-22-15-13-21)19-9-5-8-16-6-3-2-4-7-16;/h2-8H,9-15H2,1H3,(H2,18,19,20);1H. The Bertz CT molecular complexity index is 473. The van der Waals surface area contributed by atoms with Gasteiger partial charge in [-0.1, -0.05) is 42.5 Å². The fourth-order valence-corrected chi connectivity index (χ4v) is 2.29. The minimum Gasteiger partial charge on any atom is -0.379 e. The maximum absolute atomic E-state index is 5.34. The summed E-state index contributed by atoms with van der Waals surface area (Å²) in [5, 5.41) is 6.62. The Kier molecular flexibility index (Phi) is 10.7. The normalized spacial score (nSPS) is 16.1. The Hall–Kier alpha value is -1.12. The molecular weight excluding hydrogens is 403 g/mol. The number of morpholine rings is 1. The van der Waals surface area contributed by atoms with Crippen LogP contribution in [0.4, 0.5) is 0 Å². The van der Waals surface area contributed by atoms with Gasteiger partial charge in [0.05, 0.1) is 13.2 Å². The largest absolute Gasteiger partial charge is 0.379 e. The topological polar surface area (TPSA) is 48.9 Å². The van der Waals surface area contributed by atoms with Crippen molar-refractivity contribution in [2.75, 3.05) is 53.0 Å². The highest BCUT2D eigenvalue weighted by molar-refractivity contribution is 14.0. The number of nitrogens with one attached hydrogen (secondary N) is 2. The van der Waals surface area contributed by atoms with Crippen LogP contribution < -0.4 is 10.6 Å². The van der Waals surface area contributed by atoms with E-state index in [4.69, 9.17) is 4.74 Å². The van der Waals surface area contributed by atoms with Crippen LogP contribution in [-0.2, 0) is 4.74 Å². The van der Waals surface area contributed by atoms with E-state index in [9.17, 15) is 0 Å². The first-order valence-corrected chi connectivity index (χ1v) is 7.84. The summed E-state index contributed by atoms with van der Waals surface area (Å²) < 4.78 is 5.34. The number of benzene rings is 1. The second-order valence-electron chi connectivity index (χ2n) is 5.15. The monoisotopic (exact) mass is 430 g/mol. The molecule has 5 nitrogen and oxygen atoms in total. The minimum absolute atomic E-state index is 0. The third-order valence-electron chi connectivity index (χ3n) is 3.55. The molecule has 0 amide bonds. The van der Waals surface area contributed by atoms with E-state index in [0.717, 1.165) is 51.9 Å². The van der Waals surface area contributed by atoms with E-state index >= 15 is 0 Å². The zero-order chi connectivity index (χ0) is 15.5. The predicted octanol–water partition coefficient (Wildman–Crippen LogP) is 1.81. The fraction of sp³-hybridized carbons (Fsp3) is 0.471. The van der Waals surface area contributed by atoms with Crippen molar-refractivity contribution in [3.05, 3.63) is 42.0 Å². The van der Waals surface area contributed by atoms with E-state index in [2.05, 4.69) is 44.8 Å². The van der Waals surface area contributed by atoms with Gasteiger partial charge in [-0.3, -0.25) is 9.89 Å². The quantitative estimate of drug-likeness (QED) is 0.411. The van der Waals surface area contributed by atoms with Gasteiger partial charge in [0.15, 0.2) is 5.96 Å². The van der Waals surface area contributed by atoms with Crippen molar-refractivity contribution in [1.29, 1.82) is 0 Å². The second kappa shape index (κ2) is 12.3. The molecular formula is C17H27IN4O. The van der Waals surface area contributed by atoms with Gasteiger partial charge < -0.3 is 15.4 Å². The molecule has 0 atom stereocenters. The molecule has 1 saturated heterocycles. The summed E-state index contributed by atoms with van der Waals surface area (Å²) in [5.74, 6) is 0.839. The van der Waals surface area contributed by atoms with Gasteiger partial charge in [0.1, 0.15) is 0 Å². The van der Waals surface area contributed by atoms with Crippen LogP contribution in [0.5, 0.6) is 0 Å². The Morgan fingerprint density at radius 2 is 1.96 bits per heavy atom. The summed E-state index contributed by atoms with van der Waals surface area (Å²) in [6.45, 7) is 6.40. The average molecular weight is 430 g/mol. The number of guanidine groups is 1. The summed E-state index contributed by atoms with van der Waals surface area (Å²) in [4.78, 5) is 6.63. The predicted molar refractivity (Wildman–Crippen MR) is 108 cm³/mol. The Morgan fingerprint density at radius 1 is 1.22 bits per heavy atom. The molecule has 1 fully saturated rings. The first-order valence-electron chi connectivity index (χ1n) is 7.84. The molecule has 23 heavy (non-hydrogen) atoms. The number of ether oxygens (including phenoxy) is 1. The van der Waals surface area contributed by atoms with Gasteiger partial charge in [-0.2, -0.15) is 0 Å². The number of hydrogen-bond acceptors (Lipinski definition) is 3. The average Bonchev–Trinajstić information content (AvgIpc) is 2.59. The summed E-state index contributed by atoms with van der Waals surface area (Å²) >= 11 is 0. The van der Waals surface area contributed by atoms with E-state index in [0.29, 0.717) is 0 Å². The summed E-state index contributed by atoms with van der Waals surface area (Å²) in [6.07, 6.45) is 4.21. The van der Waals surface area contributed by atoms with Gasteiger partial charge in [0.25, 0.3) is 0 Å². The van der Waals surface area contributed by atoms with Crippen LogP contribution in [0.25, 0.3) is 6.08 Å². The van der Waals surface area contributed by atoms with Crippen molar-refractivity contribution in [3.8, 4) is 0 Å². The molecule has 0 aliphatic carbocycles. The lowest BCUT2D eigenvalue weighted by Crippen LogP contribution is -2.44. The first kappa shape index (κ1) is 19.9. The van der Waals surface area contributed by atoms with Gasteiger partial charge in [-0.25, -0.2) is 0 Å². The van der Waals surface area contributed by atoms with Crippen molar-refractivity contribution in [2.45, 2.75) is 0 Å². The lowest BCUT2D eigenvalue weighted by atomic mass is 10.2. The minimum atomic E-state index is 0. The lowest BCUT2D eigenvalue weighted by Gasteiger charge is -2.26. The van der Waals surface area contributed by atoms with E-state index < -0.39 is 0 Å². The number of rotatable bonds is 6. The molecule has 1 aliphatic rings. The zero-order valence-electron chi connectivity index (χ0n) is 13.7. The third kappa shape index (κ3) is 8.34. The number of halogens is 1. The van der Waals surface area contributed by atoms with Crippen LogP contribution in [0.3, 0.4) is 0 Å². The summed E-state index contributed by atoms with van der Waals surface area (Å²) in [5.41, 5.74) is 1.21. The van der Waals surface area contributed by atoms with Gasteiger partial charge in [-0.15, -0.1) is 24.0 Å². The van der Waals surface area contributed by atoms with Crippen molar-refractivity contribution in [3.63, 3.8) is 0 Å². The molecule has 1 aliphatic heterocycles. The van der Waals surface area contributed by atoms with Crippen molar-refractivity contribution in [2.24, 2.45) is 4.99 Å². The van der Waals surface area contributed by atoms with Crippen molar-refractivity contribution in [1.82, 2.24) is 15.5 Å². The van der Waals surface area contributed by atoms with Crippen LogP contribution in [0, 0.1) is 0 Å². The molecule has 128 valence electrons. The molecule has 0 bridgehead atoms.